The van der Waals surface area contributed by atoms with Gasteiger partial charge in [0.1, 0.15) is 11.7 Å². The number of aromatic nitrogens is 2. The third-order valence-electron chi connectivity index (χ3n) is 5.64. The van der Waals surface area contributed by atoms with Gasteiger partial charge in [0, 0.05) is 47.0 Å². The van der Waals surface area contributed by atoms with E-state index in [0.29, 0.717) is 23.7 Å². The number of carbonyl (C=O) groups is 2. The van der Waals surface area contributed by atoms with Crippen molar-refractivity contribution in [3.05, 3.63) is 71.0 Å². The molecular weight excluding hydrogens is 412 g/mol. The van der Waals surface area contributed by atoms with Gasteiger partial charge in [-0.25, -0.2) is 4.98 Å². The smallest absolute Gasteiger partial charge is 0.251 e. The number of benzene rings is 1. The Labute approximate surface area is 186 Å². The quantitative estimate of drug-likeness (QED) is 0.626. The Morgan fingerprint density at radius 2 is 1.97 bits per heavy atom. The molecule has 4 rings (SSSR count). The van der Waals surface area contributed by atoms with Gasteiger partial charge in [0.15, 0.2) is 0 Å². The van der Waals surface area contributed by atoms with Crippen LogP contribution in [-0.2, 0) is 4.79 Å². The number of hydrogen-bond donors (Lipinski definition) is 2. The molecule has 3 aromatic rings. The number of nitrogens with zero attached hydrogens (tertiary/aromatic N) is 2. The van der Waals surface area contributed by atoms with Crippen LogP contribution in [0.15, 0.2) is 54.9 Å². The van der Waals surface area contributed by atoms with Gasteiger partial charge in [-0.15, -0.1) is 0 Å². The zero-order valence-electron chi connectivity index (χ0n) is 17.6. The molecule has 0 unspecified atom stereocenters. The van der Waals surface area contributed by atoms with Crippen LogP contribution in [0, 0.1) is 5.92 Å². The maximum Gasteiger partial charge on any atom is 0.251 e. The maximum absolute atomic E-state index is 13.2. The van der Waals surface area contributed by atoms with Crippen molar-refractivity contribution in [3.63, 3.8) is 0 Å². The zero-order valence-corrected chi connectivity index (χ0v) is 18.3. The highest BCUT2D eigenvalue weighted by atomic mass is 35.5. The molecular formula is C24H25ClN4O2. The first-order valence-corrected chi connectivity index (χ1v) is 10.8. The first-order valence-electron chi connectivity index (χ1n) is 10.4. The molecule has 160 valence electrons. The largest absolute Gasteiger partial charge is 0.346 e. The van der Waals surface area contributed by atoms with E-state index in [1.165, 1.54) is 5.57 Å². The molecule has 1 aliphatic rings. The Hall–Kier alpha value is -3.12. The number of aromatic amines is 1. The summed E-state index contributed by atoms with van der Waals surface area (Å²) in [5, 5.41) is 4.56. The van der Waals surface area contributed by atoms with Gasteiger partial charge in [0.2, 0.25) is 5.91 Å². The summed E-state index contributed by atoms with van der Waals surface area (Å²) in [7, 11) is 0. The second-order valence-electron chi connectivity index (χ2n) is 8.07. The lowest BCUT2D eigenvalue weighted by molar-refractivity contribution is -0.133. The minimum atomic E-state index is -0.588. The van der Waals surface area contributed by atoms with Crippen LogP contribution in [0.25, 0.3) is 16.6 Å². The highest BCUT2D eigenvalue weighted by Gasteiger charge is 2.30. The van der Waals surface area contributed by atoms with Crippen molar-refractivity contribution in [2.75, 3.05) is 13.1 Å². The fraction of sp³-hybridized carbons (Fsp3) is 0.292. The van der Waals surface area contributed by atoms with E-state index >= 15 is 0 Å². The molecule has 0 saturated heterocycles. The molecule has 31 heavy (non-hydrogen) atoms. The van der Waals surface area contributed by atoms with Crippen LogP contribution in [0.4, 0.5) is 0 Å². The number of amides is 2. The minimum Gasteiger partial charge on any atom is -0.346 e. The monoisotopic (exact) mass is 436 g/mol. The summed E-state index contributed by atoms with van der Waals surface area (Å²) in [6, 6.07) is 10.0. The molecule has 1 aliphatic heterocycles. The molecule has 0 bridgehead atoms. The third-order valence-corrected chi connectivity index (χ3v) is 5.90. The molecule has 0 radical (unpaired) electrons. The van der Waals surface area contributed by atoms with E-state index in [9.17, 15) is 9.59 Å². The highest BCUT2D eigenvalue weighted by molar-refractivity contribution is 6.30. The average Bonchev–Trinajstić information content (AvgIpc) is 3.21. The summed E-state index contributed by atoms with van der Waals surface area (Å²) in [6.45, 7) is 5.00. The summed E-state index contributed by atoms with van der Waals surface area (Å²) < 4.78 is 0. The van der Waals surface area contributed by atoms with Gasteiger partial charge in [0.05, 0.1) is 0 Å². The zero-order chi connectivity index (χ0) is 22.0. The fourth-order valence-electron chi connectivity index (χ4n) is 3.87. The Morgan fingerprint density at radius 3 is 2.65 bits per heavy atom. The van der Waals surface area contributed by atoms with Crippen LogP contribution in [0.3, 0.4) is 0 Å². The van der Waals surface area contributed by atoms with Gasteiger partial charge in [-0.05, 0) is 54.3 Å². The van der Waals surface area contributed by atoms with Crippen molar-refractivity contribution in [3.8, 4) is 0 Å². The van der Waals surface area contributed by atoms with Gasteiger partial charge < -0.3 is 15.2 Å². The third kappa shape index (κ3) is 4.49. The van der Waals surface area contributed by atoms with E-state index in [4.69, 9.17) is 11.6 Å². The lowest BCUT2D eigenvalue weighted by Crippen LogP contribution is -2.52. The summed E-state index contributed by atoms with van der Waals surface area (Å²) in [6.07, 6.45) is 6.59. The molecule has 0 fully saturated rings. The second kappa shape index (κ2) is 8.94. The van der Waals surface area contributed by atoms with Crippen LogP contribution in [-0.4, -0.2) is 45.8 Å². The predicted octanol–water partition coefficient (Wildman–Crippen LogP) is 4.29. The van der Waals surface area contributed by atoms with E-state index in [0.717, 1.165) is 23.0 Å². The molecule has 1 aromatic carbocycles. The lowest BCUT2D eigenvalue weighted by atomic mass is 9.97. The molecule has 0 spiro atoms. The Balaban J connectivity index is 1.46. The fourth-order valence-corrected chi connectivity index (χ4v) is 4.00. The maximum atomic E-state index is 13.2. The van der Waals surface area contributed by atoms with Crippen LogP contribution < -0.4 is 5.32 Å². The van der Waals surface area contributed by atoms with E-state index in [1.807, 2.05) is 37.1 Å². The van der Waals surface area contributed by atoms with Crippen molar-refractivity contribution in [2.45, 2.75) is 26.3 Å². The number of hydrogen-bond acceptors (Lipinski definition) is 3. The Kier molecular flexibility index (Phi) is 6.09. The van der Waals surface area contributed by atoms with Gasteiger partial charge in [0.25, 0.3) is 5.91 Å². The Morgan fingerprint density at radius 1 is 1.19 bits per heavy atom. The number of fused-ring (bicyclic) bond motifs is 1. The SMILES string of the molecule is CC(C)[C@@H](NC(=O)c1ccc(Cl)cc1)C(=O)N1CC=C(c2c[nH]c3ncccc23)CC1. The van der Waals surface area contributed by atoms with Crippen LogP contribution in [0.2, 0.25) is 5.02 Å². The lowest BCUT2D eigenvalue weighted by Gasteiger charge is -2.32. The molecule has 2 N–H and O–H groups in total. The molecule has 3 heterocycles. The number of H-pyrrole nitrogens is 1. The standard InChI is InChI=1S/C24H25ClN4O2/c1-15(2)21(28-23(30)17-5-7-18(25)8-6-17)24(31)29-12-9-16(10-13-29)20-14-27-22-19(20)4-3-11-26-22/h3-9,11,14-15,21H,10,12-13H2,1-2H3,(H,26,27)(H,28,30)/t21-/m1/s1. The highest BCUT2D eigenvalue weighted by Crippen LogP contribution is 2.28. The molecule has 1 atom stereocenters. The van der Waals surface area contributed by atoms with Gasteiger partial charge in [-0.1, -0.05) is 31.5 Å². The first-order chi connectivity index (χ1) is 14.9. The van der Waals surface area contributed by atoms with Crippen molar-refractivity contribution in [1.82, 2.24) is 20.2 Å². The van der Waals surface area contributed by atoms with E-state index < -0.39 is 6.04 Å². The first kappa shape index (κ1) is 21.1. The average molecular weight is 437 g/mol. The van der Waals surface area contributed by atoms with Gasteiger partial charge in [-0.3, -0.25) is 9.59 Å². The Bertz CT molecular complexity index is 1130. The normalized spacial score (nSPS) is 15.1. The summed E-state index contributed by atoms with van der Waals surface area (Å²) in [5.74, 6) is -0.370. The van der Waals surface area contributed by atoms with Gasteiger partial charge in [-0.2, -0.15) is 0 Å². The number of pyridine rings is 1. The topological polar surface area (TPSA) is 78.1 Å². The predicted molar refractivity (Wildman–Crippen MR) is 123 cm³/mol. The molecule has 0 aliphatic carbocycles. The summed E-state index contributed by atoms with van der Waals surface area (Å²) >= 11 is 5.90. The number of rotatable bonds is 5. The van der Waals surface area contributed by atoms with Crippen LogP contribution >= 0.6 is 11.6 Å². The molecule has 2 aromatic heterocycles. The molecule has 7 heteroatoms. The molecule has 0 saturated carbocycles. The molecule has 6 nitrogen and oxygen atoms in total. The minimum absolute atomic E-state index is 0.0335. The van der Waals surface area contributed by atoms with E-state index in [2.05, 4.69) is 21.4 Å². The molecule has 2 amide bonds. The van der Waals surface area contributed by atoms with Crippen molar-refractivity contribution >= 4 is 40.0 Å². The number of carbonyl (C=O) groups excluding carboxylic acids is 2. The second-order valence-corrected chi connectivity index (χ2v) is 8.50. The van der Waals surface area contributed by atoms with Crippen LogP contribution in [0.1, 0.15) is 36.2 Å². The van der Waals surface area contributed by atoms with Crippen molar-refractivity contribution in [2.24, 2.45) is 5.92 Å². The van der Waals surface area contributed by atoms with E-state index in [1.54, 1.807) is 30.5 Å². The van der Waals surface area contributed by atoms with Crippen LogP contribution in [0.5, 0.6) is 0 Å². The summed E-state index contributed by atoms with van der Waals surface area (Å²) in [4.78, 5) is 35.2. The number of halogens is 1. The summed E-state index contributed by atoms with van der Waals surface area (Å²) in [5.41, 5.74) is 3.68. The van der Waals surface area contributed by atoms with E-state index in [-0.39, 0.29) is 17.7 Å². The van der Waals surface area contributed by atoms with Crippen molar-refractivity contribution < 1.29 is 9.59 Å². The number of nitrogens with one attached hydrogen (secondary N) is 2. The van der Waals surface area contributed by atoms with Gasteiger partial charge >= 0.3 is 0 Å². The van der Waals surface area contributed by atoms with Crippen molar-refractivity contribution in [1.29, 1.82) is 0 Å².